The van der Waals surface area contributed by atoms with Crippen LogP contribution in [0.2, 0.25) is 0 Å². The zero-order valence-corrected chi connectivity index (χ0v) is 9.85. The highest BCUT2D eigenvalue weighted by atomic mass is 32.1. The molecule has 0 atom stereocenters. The van der Waals surface area contributed by atoms with Gasteiger partial charge in [-0.2, -0.15) is 0 Å². The van der Waals surface area contributed by atoms with Gasteiger partial charge in [0, 0.05) is 24.9 Å². The second-order valence-corrected chi connectivity index (χ2v) is 4.88. The van der Waals surface area contributed by atoms with Gasteiger partial charge in [-0.25, -0.2) is 4.98 Å². The summed E-state index contributed by atoms with van der Waals surface area (Å²) in [7, 11) is 0. The maximum Gasteiger partial charge on any atom is 0.185 e. The summed E-state index contributed by atoms with van der Waals surface area (Å²) in [5.41, 5.74) is 0.924. The van der Waals surface area contributed by atoms with Gasteiger partial charge in [0.2, 0.25) is 0 Å². The van der Waals surface area contributed by atoms with Crippen LogP contribution in [-0.4, -0.2) is 23.9 Å². The molecule has 0 unspecified atom stereocenters. The van der Waals surface area contributed by atoms with E-state index in [0.29, 0.717) is 6.42 Å². The second-order valence-electron chi connectivity index (χ2n) is 4.05. The monoisotopic (exact) mass is 224 g/mol. The maximum absolute atomic E-state index is 10.9. The lowest BCUT2D eigenvalue weighted by Gasteiger charge is -2.25. The van der Waals surface area contributed by atoms with Gasteiger partial charge >= 0.3 is 0 Å². The van der Waals surface area contributed by atoms with Gasteiger partial charge < -0.3 is 4.90 Å². The molecule has 0 bridgehead atoms. The molecule has 0 aromatic carbocycles. The largest absolute Gasteiger partial charge is 0.348 e. The first-order valence-electron chi connectivity index (χ1n) is 5.44. The number of rotatable bonds is 3. The van der Waals surface area contributed by atoms with E-state index in [-0.39, 0.29) is 5.78 Å². The van der Waals surface area contributed by atoms with Crippen LogP contribution in [0.25, 0.3) is 0 Å². The molecular weight excluding hydrogens is 208 g/mol. The summed E-state index contributed by atoms with van der Waals surface area (Å²) in [6.45, 7) is 3.85. The smallest absolute Gasteiger partial charge is 0.185 e. The first kappa shape index (κ1) is 10.6. The third-order valence-electron chi connectivity index (χ3n) is 2.60. The minimum absolute atomic E-state index is 0.186. The van der Waals surface area contributed by atoms with E-state index in [2.05, 4.69) is 9.88 Å². The van der Waals surface area contributed by atoms with Crippen molar-refractivity contribution >= 4 is 22.3 Å². The Balaban J connectivity index is 2.02. The summed E-state index contributed by atoms with van der Waals surface area (Å²) in [5, 5.41) is 3.09. The molecule has 1 fully saturated rings. The molecule has 4 heteroatoms. The fourth-order valence-corrected chi connectivity index (χ4v) is 2.74. The fourth-order valence-electron chi connectivity index (χ4n) is 1.86. The zero-order chi connectivity index (χ0) is 10.7. The third-order valence-corrected chi connectivity index (χ3v) is 3.55. The van der Waals surface area contributed by atoms with E-state index in [0.717, 1.165) is 23.9 Å². The normalized spacial score (nSPS) is 16.7. The highest BCUT2D eigenvalue weighted by molar-refractivity contribution is 7.13. The minimum atomic E-state index is 0.186. The first-order valence-corrected chi connectivity index (χ1v) is 6.32. The molecule has 0 aliphatic carbocycles. The van der Waals surface area contributed by atoms with Gasteiger partial charge in [-0.15, -0.1) is 11.3 Å². The van der Waals surface area contributed by atoms with E-state index < -0.39 is 0 Å². The summed E-state index contributed by atoms with van der Waals surface area (Å²) in [6, 6.07) is 0. The van der Waals surface area contributed by atoms with Crippen LogP contribution < -0.4 is 4.90 Å². The number of aromatic nitrogens is 1. The van der Waals surface area contributed by atoms with Crippen molar-refractivity contribution in [3.63, 3.8) is 0 Å². The van der Waals surface area contributed by atoms with Gasteiger partial charge in [0.15, 0.2) is 5.13 Å². The van der Waals surface area contributed by atoms with Crippen molar-refractivity contribution < 1.29 is 4.79 Å². The fraction of sp³-hybridized carbons (Fsp3) is 0.636. The molecule has 1 aromatic heterocycles. The molecule has 0 N–H and O–H groups in total. The number of hydrogen-bond acceptors (Lipinski definition) is 4. The lowest BCUT2D eigenvalue weighted by atomic mass is 10.1. The van der Waals surface area contributed by atoms with Gasteiger partial charge in [-0.1, -0.05) is 0 Å². The predicted molar refractivity (Wildman–Crippen MR) is 62.6 cm³/mol. The predicted octanol–water partition coefficient (Wildman–Crippen LogP) is 2.26. The van der Waals surface area contributed by atoms with E-state index >= 15 is 0 Å². The van der Waals surface area contributed by atoms with Crippen molar-refractivity contribution in [2.75, 3.05) is 18.0 Å². The lowest BCUT2D eigenvalue weighted by Crippen LogP contribution is -2.29. The number of Topliss-reactive ketones (excluding diaryl/α,β-unsaturated/α-hetero) is 1. The van der Waals surface area contributed by atoms with Crippen molar-refractivity contribution in [2.24, 2.45) is 0 Å². The Kier molecular flexibility index (Phi) is 3.36. The van der Waals surface area contributed by atoms with Gasteiger partial charge in [0.25, 0.3) is 0 Å². The molecule has 1 aliphatic rings. The van der Waals surface area contributed by atoms with Crippen LogP contribution in [0.4, 0.5) is 5.13 Å². The Bertz CT molecular complexity index is 342. The lowest BCUT2D eigenvalue weighted by molar-refractivity contribution is -0.116. The quantitative estimate of drug-likeness (QED) is 0.789. The summed E-state index contributed by atoms with van der Waals surface area (Å²) in [4.78, 5) is 17.8. The van der Waals surface area contributed by atoms with Crippen LogP contribution >= 0.6 is 11.3 Å². The molecule has 1 saturated heterocycles. The second kappa shape index (κ2) is 4.75. The summed E-state index contributed by atoms with van der Waals surface area (Å²) in [5.74, 6) is 0.186. The number of ketones is 1. The Labute approximate surface area is 94.1 Å². The Morgan fingerprint density at radius 2 is 2.20 bits per heavy atom. The average Bonchev–Trinajstić information content (AvgIpc) is 2.67. The number of carbonyl (C=O) groups is 1. The molecule has 2 rings (SSSR count). The number of carbonyl (C=O) groups excluding carboxylic acids is 1. The Hall–Kier alpha value is -0.900. The van der Waals surface area contributed by atoms with Crippen molar-refractivity contribution in [1.29, 1.82) is 0 Å². The van der Waals surface area contributed by atoms with Crippen molar-refractivity contribution in [3.05, 3.63) is 11.1 Å². The van der Waals surface area contributed by atoms with Crippen molar-refractivity contribution in [1.82, 2.24) is 4.98 Å². The molecule has 2 heterocycles. The van der Waals surface area contributed by atoms with Gasteiger partial charge in [-0.3, -0.25) is 4.79 Å². The molecule has 0 spiro atoms. The zero-order valence-electron chi connectivity index (χ0n) is 9.03. The van der Waals surface area contributed by atoms with E-state index in [1.165, 1.54) is 19.3 Å². The summed E-state index contributed by atoms with van der Waals surface area (Å²) in [6.07, 6.45) is 4.34. The Morgan fingerprint density at radius 3 is 2.87 bits per heavy atom. The Morgan fingerprint density at radius 1 is 1.47 bits per heavy atom. The van der Waals surface area contributed by atoms with Crippen LogP contribution in [0.15, 0.2) is 5.38 Å². The average molecular weight is 224 g/mol. The maximum atomic E-state index is 10.9. The third kappa shape index (κ3) is 2.78. The van der Waals surface area contributed by atoms with Crippen LogP contribution in [0, 0.1) is 0 Å². The van der Waals surface area contributed by atoms with E-state index in [1.54, 1.807) is 18.3 Å². The number of nitrogens with zero attached hydrogens (tertiary/aromatic N) is 2. The van der Waals surface area contributed by atoms with Gasteiger partial charge in [0.1, 0.15) is 5.78 Å². The topological polar surface area (TPSA) is 33.2 Å². The minimum Gasteiger partial charge on any atom is -0.348 e. The molecular formula is C11H16N2OS. The number of thiazole rings is 1. The SMILES string of the molecule is CC(=O)Cc1csc(N2CCCCC2)n1. The van der Waals surface area contributed by atoms with Crippen molar-refractivity contribution in [3.8, 4) is 0 Å². The van der Waals surface area contributed by atoms with Crippen LogP contribution in [0.1, 0.15) is 31.9 Å². The number of anilines is 1. The molecule has 82 valence electrons. The molecule has 15 heavy (non-hydrogen) atoms. The summed E-state index contributed by atoms with van der Waals surface area (Å²) >= 11 is 1.66. The first-order chi connectivity index (χ1) is 7.25. The van der Waals surface area contributed by atoms with E-state index in [1.807, 2.05) is 5.38 Å². The van der Waals surface area contributed by atoms with E-state index in [9.17, 15) is 4.79 Å². The molecule has 1 aliphatic heterocycles. The molecule has 1 aromatic rings. The van der Waals surface area contributed by atoms with Crippen LogP contribution in [0.3, 0.4) is 0 Å². The molecule has 0 saturated carbocycles. The highest BCUT2D eigenvalue weighted by Gasteiger charge is 2.14. The van der Waals surface area contributed by atoms with Gasteiger partial charge in [-0.05, 0) is 26.2 Å². The number of piperidine rings is 1. The molecule has 3 nitrogen and oxygen atoms in total. The van der Waals surface area contributed by atoms with E-state index in [4.69, 9.17) is 0 Å². The summed E-state index contributed by atoms with van der Waals surface area (Å²) < 4.78 is 0. The molecule has 0 radical (unpaired) electrons. The number of hydrogen-bond donors (Lipinski definition) is 0. The van der Waals surface area contributed by atoms with Crippen LogP contribution in [-0.2, 0) is 11.2 Å². The highest BCUT2D eigenvalue weighted by Crippen LogP contribution is 2.24. The standard InChI is InChI=1S/C11H16N2OS/c1-9(14)7-10-8-15-11(12-10)13-5-3-2-4-6-13/h8H,2-7H2,1H3. The van der Waals surface area contributed by atoms with Crippen molar-refractivity contribution in [2.45, 2.75) is 32.6 Å². The van der Waals surface area contributed by atoms with Gasteiger partial charge in [0.05, 0.1) is 5.69 Å². The van der Waals surface area contributed by atoms with Crippen LogP contribution in [0.5, 0.6) is 0 Å². The molecule has 0 amide bonds.